The Morgan fingerprint density at radius 1 is 1.35 bits per heavy atom. The predicted octanol–water partition coefficient (Wildman–Crippen LogP) is 1.22. The topological polar surface area (TPSA) is 66.5 Å². The summed E-state index contributed by atoms with van der Waals surface area (Å²) < 4.78 is 0. The van der Waals surface area contributed by atoms with Gasteiger partial charge in [0.2, 0.25) is 17.7 Å². The van der Waals surface area contributed by atoms with Gasteiger partial charge in [-0.3, -0.25) is 19.3 Å². The molecule has 1 aliphatic heterocycles. The van der Waals surface area contributed by atoms with Crippen molar-refractivity contribution in [2.75, 3.05) is 6.54 Å². The molecule has 5 heteroatoms. The molecule has 0 bridgehead atoms. The van der Waals surface area contributed by atoms with E-state index in [9.17, 15) is 14.4 Å². The van der Waals surface area contributed by atoms with Crippen molar-refractivity contribution in [1.29, 1.82) is 0 Å². The molecule has 3 fully saturated rings. The molecule has 2 aliphatic carbocycles. The molecule has 0 aromatic rings. The van der Waals surface area contributed by atoms with Crippen molar-refractivity contribution in [3.63, 3.8) is 0 Å². The highest BCUT2D eigenvalue weighted by molar-refractivity contribution is 6.08. The Morgan fingerprint density at radius 3 is 2.60 bits per heavy atom. The largest absolute Gasteiger partial charge is 0.352 e. The third-order valence-electron chi connectivity index (χ3n) is 5.07. The number of imide groups is 1. The fraction of sp³-hybridized carbons (Fsp3) is 0.800. The van der Waals surface area contributed by atoms with Crippen molar-refractivity contribution in [2.24, 2.45) is 11.3 Å². The summed E-state index contributed by atoms with van der Waals surface area (Å²) in [5.41, 5.74) is -0.473. The van der Waals surface area contributed by atoms with E-state index in [2.05, 4.69) is 5.32 Å². The molecule has 1 spiro atoms. The maximum atomic E-state index is 12.4. The Hall–Kier alpha value is -1.39. The average molecular weight is 278 g/mol. The van der Waals surface area contributed by atoms with Gasteiger partial charge in [0, 0.05) is 12.5 Å². The van der Waals surface area contributed by atoms with Gasteiger partial charge in [0.15, 0.2) is 0 Å². The van der Waals surface area contributed by atoms with Crippen molar-refractivity contribution in [2.45, 2.75) is 57.9 Å². The molecule has 0 aromatic carbocycles. The summed E-state index contributed by atoms with van der Waals surface area (Å²) in [5.74, 6) is 0.0756. The van der Waals surface area contributed by atoms with E-state index in [0.717, 1.165) is 38.5 Å². The lowest BCUT2D eigenvalue weighted by Gasteiger charge is -2.21. The van der Waals surface area contributed by atoms with Crippen LogP contribution < -0.4 is 5.32 Å². The number of carbonyl (C=O) groups excluding carboxylic acids is 3. The minimum Gasteiger partial charge on any atom is -0.352 e. The lowest BCUT2D eigenvalue weighted by Crippen LogP contribution is -2.45. The second-order valence-electron chi connectivity index (χ2n) is 6.64. The number of amides is 3. The molecular weight excluding hydrogens is 256 g/mol. The molecule has 2 saturated carbocycles. The molecule has 5 nitrogen and oxygen atoms in total. The van der Waals surface area contributed by atoms with Crippen LogP contribution in [0.15, 0.2) is 0 Å². The standard InChI is InChI=1S/C15H22N2O3/c1-10(11-4-5-11)16-12(18)9-17-13(19)8-15(14(17)20)6-2-3-7-15/h10-11H,2-9H2,1H3,(H,16,18)/t10-/m1/s1. The van der Waals surface area contributed by atoms with Crippen LogP contribution >= 0.6 is 0 Å². The number of hydrogen-bond donors (Lipinski definition) is 1. The van der Waals surface area contributed by atoms with E-state index in [-0.39, 0.29) is 30.3 Å². The first-order chi connectivity index (χ1) is 9.52. The Kier molecular flexibility index (Phi) is 3.30. The molecular formula is C15H22N2O3. The number of hydrogen-bond acceptors (Lipinski definition) is 3. The second kappa shape index (κ2) is 4.86. The van der Waals surface area contributed by atoms with Crippen LogP contribution in [0.3, 0.4) is 0 Å². The van der Waals surface area contributed by atoms with E-state index in [1.165, 1.54) is 4.90 Å². The summed E-state index contributed by atoms with van der Waals surface area (Å²) in [6.45, 7) is 1.89. The summed E-state index contributed by atoms with van der Waals surface area (Å²) >= 11 is 0. The molecule has 0 unspecified atom stereocenters. The van der Waals surface area contributed by atoms with E-state index in [0.29, 0.717) is 12.3 Å². The van der Waals surface area contributed by atoms with E-state index in [1.54, 1.807) is 0 Å². The molecule has 3 rings (SSSR count). The first-order valence-electron chi connectivity index (χ1n) is 7.66. The van der Waals surface area contributed by atoms with Crippen LogP contribution in [0.25, 0.3) is 0 Å². The molecule has 3 aliphatic rings. The fourth-order valence-electron chi connectivity index (χ4n) is 3.62. The molecule has 1 N–H and O–H groups in total. The Bertz CT molecular complexity index is 450. The monoisotopic (exact) mass is 278 g/mol. The summed E-state index contributed by atoms with van der Waals surface area (Å²) in [6, 6.07) is 0.149. The second-order valence-corrected chi connectivity index (χ2v) is 6.64. The lowest BCUT2D eigenvalue weighted by atomic mass is 9.84. The normalized spacial score (nSPS) is 26.4. The predicted molar refractivity (Wildman–Crippen MR) is 72.6 cm³/mol. The molecule has 110 valence electrons. The smallest absolute Gasteiger partial charge is 0.240 e. The van der Waals surface area contributed by atoms with Gasteiger partial charge in [-0.25, -0.2) is 0 Å². The highest BCUT2D eigenvalue weighted by Crippen LogP contribution is 2.46. The highest BCUT2D eigenvalue weighted by Gasteiger charge is 2.52. The Labute approximate surface area is 119 Å². The lowest BCUT2D eigenvalue weighted by molar-refractivity contribution is -0.144. The Balaban J connectivity index is 1.60. The molecule has 1 heterocycles. The van der Waals surface area contributed by atoms with Crippen LogP contribution in [0.5, 0.6) is 0 Å². The number of rotatable bonds is 4. The fourth-order valence-corrected chi connectivity index (χ4v) is 3.62. The van der Waals surface area contributed by atoms with E-state index in [4.69, 9.17) is 0 Å². The van der Waals surface area contributed by atoms with Gasteiger partial charge in [-0.2, -0.15) is 0 Å². The highest BCUT2D eigenvalue weighted by atomic mass is 16.2. The zero-order valence-corrected chi connectivity index (χ0v) is 12.0. The quantitative estimate of drug-likeness (QED) is 0.786. The van der Waals surface area contributed by atoms with Crippen molar-refractivity contribution in [3.05, 3.63) is 0 Å². The van der Waals surface area contributed by atoms with Gasteiger partial charge in [0.1, 0.15) is 6.54 Å². The van der Waals surface area contributed by atoms with Gasteiger partial charge >= 0.3 is 0 Å². The average Bonchev–Trinajstić information content (AvgIpc) is 3.11. The molecule has 20 heavy (non-hydrogen) atoms. The number of nitrogens with zero attached hydrogens (tertiary/aromatic N) is 1. The van der Waals surface area contributed by atoms with Gasteiger partial charge in [-0.15, -0.1) is 0 Å². The van der Waals surface area contributed by atoms with E-state index >= 15 is 0 Å². The van der Waals surface area contributed by atoms with E-state index < -0.39 is 5.41 Å². The van der Waals surface area contributed by atoms with Crippen LogP contribution in [0.4, 0.5) is 0 Å². The van der Waals surface area contributed by atoms with Gasteiger partial charge in [0.25, 0.3) is 0 Å². The van der Waals surface area contributed by atoms with Crippen LogP contribution in [-0.4, -0.2) is 35.2 Å². The van der Waals surface area contributed by atoms with Crippen LogP contribution in [0.2, 0.25) is 0 Å². The van der Waals surface area contributed by atoms with E-state index in [1.807, 2.05) is 6.92 Å². The molecule has 0 aromatic heterocycles. The van der Waals surface area contributed by atoms with Gasteiger partial charge in [-0.1, -0.05) is 12.8 Å². The minimum atomic E-state index is -0.473. The maximum absolute atomic E-state index is 12.4. The third kappa shape index (κ3) is 2.34. The summed E-state index contributed by atoms with van der Waals surface area (Å²) in [7, 11) is 0. The SMILES string of the molecule is C[C@@H](NC(=O)CN1C(=O)CC2(CCCC2)C1=O)C1CC1. The third-order valence-corrected chi connectivity index (χ3v) is 5.07. The van der Waals surface area contributed by atoms with Gasteiger partial charge in [0.05, 0.1) is 5.41 Å². The minimum absolute atomic E-state index is 0.101. The summed E-state index contributed by atoms with van der Waals surface area (Å²) in [4.78, 5) is 37.6. The number of nitrogens with one attached hydrogen (secondary N) is 1. The summed E-state index contributed by atoms with van der Waals surface area (Å²) in [6.07, 6.45) is 6.24. The molecule has 1 saturated heterocycles. The van der Waals surface area contributed by atoms with Crippen molar-refractivity contribution < 1.29 is 14.4 Å². The van der Waals surface area contributed by atoms with Crippen molar-refractivity contribution >= 4 is 17.7 Å². The maximum Gasteiger partial charge on any atom is 0.240 e. The Morgan fingerprint density at radius 2 is 2.00 bits per heavy atom. The van der Waals surface area contributed by atoms with Crippen molar-refractivity contribution in [1.82, 2.24) is 10.2 Å². The van der Waals surface area contributed by atoms with Crippen LogP contribution in [0.1, 0.15) is 51.9 Å². The number of likely N-dealkylation sites (tertiary alicyclic amines) is 1. The molecule has 0 radical (unpaired) electrons. The zero-order valence-electron chi connectivity index (χ0n) is 12.0. The van der Waals surface area contributed by atoms with Crippen LogP contribution in [0, 0.1) is 11.3 Å². The summed E-state index contributed by atoms with van der Waals surface area (Å²) in [5, 5.41) is 2.90. The van der Waals surface area contributed by atoms with Crippen molar-refractivity contribution in [3.8, 4) is 0 Å². The zero-order chi connectivity index (χ0) is 14.3. The van der Waals surface area contributed by atoms with Gasteiger partial charge < -0.3 is 5.32 Å². The molecule has 1 atom stereocenters. The molecule has 3 amide bonds. The first-order valence-corrected chi connectivity index (χ1v) is 7.66. The number of carbonyl (C=O) groups is 3. The van der Waals surface area contributed by atoms with Crippen LogP contribution in [-0.2, 0) is 14.4 Å². The first kappa shape index (κ1) is 13.6. The van der Waals surface area contributed by atoms with Gasteiger partial charge in [-0.05, 0) is 38.5 Å².